The normalized spacial score (nSPS) is 17.7. The van der Waals surface area contributed by atoms with Crippen molar-refractivity contribution in [2.24, 2.45) is 0 Å². The fourth-order valence-corrected chi connectivity index (χ4v) is 3.67. The minimum Gasteiger partial charge on any atom is -0.368 e. The quantitative estimate of drug-likeness (QED) is 0.852. The molecule has 4 rings (SSSR count). The summed E-state index contributed by atoms with van der Waals surface area (Å²) in [7, 11) is 0. The minimum atomic E-state index is 0.0841. The lowest BCUT2D eigenvalue weighted by Gasteiger charge is -2.36. The van der Waals surface area contributed by atoms with Gasteiger partial charge in [0.2, 0.25) is 0 Å². The number of imidazole rings is 1. The molecule has 0 atom stereocenters. The van der Waals surface area contributed by atoms with Crippen LogP contribution in [0.15, 0.2) is 30.5 Å². The monoisotopic (exact) mass is 324 g/mol. The zero-order valence-electron chi connectivity index (χ0n) is 14.2. The van der Waals surface area contributed by atoms with Crippen molar-refractivity contribution in [3.05, 3.63) is 47.5 Å². The zero-order chi connectivity index (χ0) is 16.5. The standard InChI is InChI=1S/C19H24N4O/c1-15-5-4-6-16(13-15)21-9-11-22(12-10-21)19(24)17-14-23-8-3-2-7-18(23)20-17/h4-6,13-14H,2-3,7-12H2,1H3. The third kappa shape index (κ3) is 2.90. The van der Waals surface area contributed by atoms with Crippen LogP contribution in [0.25, 0.3) is 0 Å². The zero-order valence-corrected chi connectivity index (χ0v) is 14.2. The number of fused-ring (bicyclic) bond motifs is 1. The van der Waals surface area contributed by atoms with Crippen LogP contribution < -0.4 is 4.90 Å². The molecule has 0 bridgehead atoms. The van der Waals surface area contributed by atoms with E-state index in [1.54, 1.807) is 0 Å². The van der Waals surface area contributed by atoms with Gasteiger partial charge in [-0.25, -0.2) is 4.98 Å². The summed E-state index contributed by atoms with van der Waals surface area (Å²) >= 11 is 0. The average molecular weight is 324 g/mol. The smallest absolute Gasteiger partial charge is 0.274 e. The van der Waals surface area contributed by atoms with E-state index in [1.165, 1.54) is 24.1 Å². The van der Waals surface area contributed by atoms with Gasteiger partial charge in [-0.1, -0.05) is 12.1 Å². The lowest BCUT2D eigenvalue weighted by Crippen LogP contribution is -2.48. The Labute approximate surface area is 142 Å². The largest absolute Gasteiger partial charge is 0.368 e. The van der Waals surface area contributed by atoms with Gasteiger partial charge in [-0.3, -0.25) is 4.79 Å². The first-order valence-electron chi connectivity index (χ1n) is 8.88. The molecule has 1 aromatic heterocycles. The van der Waals surface area contributed by atoms with Gasteiger partial charge in [0.1, 0.15) is 11.5 Å². The topological polar surface area (TPSA) is 41.4 Å². The molecule has 126 valence electrons. The molecule has 1 amide bonds. The number of piperazine rings is 1. The van der Waals surface area contributed by atoms with Gasteiger partial charge in [0.15, 0.2) is 0 Å². The number of aromatic nitrogens is 2. The van der Waals surface area contributed by atoms with E-state index >= 15 is 0 Å². The summed E-state index contributed by atoms with van der Waals surface area (Å²) in [6.45, 7) is 6.38. The molecule has 5 heteroatoms. The van der Waals surface area contributed by atoms with Crippen molar-refractivity contribution in [2.75, 3.05) is 31.1 Å². The Bertz CT molecular complexity index is 720. The minimum absolute atomic E-state index is 0.0841. The van der Waals surface area contributed by atoms with E-state index < -0.39 is 0 Å². The van der Waals surface area contributed by atoms with E-state index in [0.29, 0.717) is 5.69 Å². The Morgan fingerprint density at radius 2 is 1.92 bits per heavy atom. The Morgan fingerprint density at radius 3 is 2.67 bits per heavy atom. The number of carbonyl (C=O) groups excluding carboxylic acids is 1. The van der Waals surface area contributed by atoms with Gasteiger partial charge in [0.05, 0.1) is 0 Å². The van der Waals surface area contributed by atoms with Crippen molar-refractivity contribution < 1.29 is 4.79 Å². The SMILES string of the molecule is Cc1cccc(N2CCN(C(=O)c3cn4c(n3)CCCC4)CC2)c1. The molecule has 1 fully saturated rings. The Balaban J connectivity index is 1.42. The molecule has 2 aliphatic rings. The van der Waals surface area contributed by atoms with Gasteiger partial charge in [0, 0.05) is 51.0 Å². The number of aryl methyl sites for hydroxylation is 3. The second-order valence-corrected chi connectivity index (χ2v) is 6.81. The first-order chi connectivity index (χ1) is 11.7. The maximum Gasteiger partial charge on any atom is 0.274 e. The summed E-state index contributed by atoms with van der Waals surface area (Å²) in [6.07, 6.45) is 5.31. The van der Waals surface area contributed by atoms with E-state index in [4.69, 9.17) is 0 Å². The number of hydrogen-bond donors (Lipinski definition) is 0. The van der Waals surface area contributed by atoms with Crippen LogP contribution in [0.1, 0.15) is 34.7 Å². The molecule has 24 heavy (non-hydrogen) atoms. The predicted octanol–water partition coefficient (Wildman–Crippen LogP) is 2.49. The van der Waals surface area contributed by atoms with Crippen LogP contribution in [0.4, 0.5) is 5.69 Å². The lowest BCUT2D eigenvalue weighted by molar-refractivity contribution is 0.0741. The van der Waals surface area contributed by atoms with Crippen LogP contribution >= 0.6 is 0 Å². The van der Waals surface area contributed by atoms with Crippen LogP contribution in [0.3, 0.4) is 0 Å². The lowest BCUT2D eigenvalue weighted by atomic mass is 10.2. The summed E-state index contributed by atoms with van der Waals surface area (Å²) in [6, 6.07) is 8.57. The molecule has 2 aliphatic heterocycles. The highest BCUT2D eigenvalue weighted by atomic mass is 16.2. The van der Waals surface area contributed by atoms with Gasteiger partial charge in [-0.05, 0) is 37.5 Å². The van der Waals surface area contributed by atoms with Crippen molar-refractivity contribution in [3.63, 3.8) is 0 Å². The van der Waals surface area contributed by atoms with Crippen LogP contribution in [0.5, 0.6) is 0 Å². The van der Waals surface area contributed by atoms with Crippen LogP contribution in [-0.2, 0) is 13.0 Å². The first-order valence-corrected chi connectivity index (χ1v) is 8.88. The summed E-state index contributed by atoms with van der Waals surface area (Å²) in [4.78, 5) is 21.6. The number of benzene rings is 1. The van der Waals surface area contributed by atoms with Crippen LogP contribution in [-0.4, -0.2) is 46.5 Å². The summed E-state index contributed by atoms with van der Waals surface area (Å²) < 4.78 is 2.15. The summed E-state index contributed by atoms with van der Waals surface area (Å²) in [5.74, 6) is 1.16. The van der Waals surface area contributed by atoms with Gasteiger partial charge < -0.3 is 14.4 Å². The maximum absolute atomic E-state index is 12.7. The molecule has 0 aliphatic carbocycles. The van der Waals surface area contributed by atoms with Crippen molar-refractivity contribution in [3.8, 4) is 0 Å². The third-order valence-corrected chi connectivity index (χ3v) is 5.06. The molecule has 0 N–H and O–H groups in total. The highest BCUT2D eigenvalue weighted by Gasteiger charge is 2.25. The molecular formula is C19H24N4O. The van der Waals surface area contributed by atoms with Gasteiger partial charge in [0.25, 0.3) is 5.91 Å². The van der Waals surface area contributed by atoms with E-state index in [0.717, 1.165) is 45.0 Å². The van der Waals surface area contributed by atoms with E-state index in [2.05, 4.69) is 45.6 Å². The molecule has 1 saturated heterocycles. The number of carbonyl (C=O) groups is 1. The van der Waals surface area contributed by atoms with Crippen LogP contribution in [0, 0.1) is 6.92 Å². The van der Waals surface area contributed by atoms with E-state index in [-0.39, 0.29) is 5.91 Å². The molecule has 1 aromatic carbocycles. The molecule has 0 spiro atoms. The van der Waals surface area contributed by atoms with Gasteiger partial charge in [-0.2, -0.15) is 0 Å². The molecule has 3 heterocycles. The van der Waals surface area contributed by atoms with Crippen LogP contribution in [0.2, 0.25) is 0 Å². The van der Waals surface area contributed by atoms with Crippen molar-refractivity contribution in [1.82, 2.24) is 14.5 Å². The Kier molecular flexibility index (Phi) is 4.00. The van der Waals surface area contributed by atoms with Gasteiger partial charge in [-0.15, -0.1) is 0 Å². The predicted molar refractivity (Wildman–Crippen MR) is 94.5 cm³/mol. The molecule has 5 nitrogen and oxygen atoms in total. The molecular weight excluding hydrogens is 300 g/mol. The summed E-state index contributed by atoms with van der Waals surface area (Å²) in [5, 5.41) is 0. The highest BCUT2D eigenvalue weighted by Crippen LogP contribution is 2.20. The molecule has 0 saturated carbocycles. The third-order valence-electron chi connectivity index (χ3n) is 5.06. The highest BCUT2D eigenvalue weighted by molar-refractivity contribution is 5.92. The fourth-order valence-electron chi connectivity index (χ4n) is 3.67. The van der Waals surface area contributed by atoms with Crippen molar-refractivity contribution >= 4 is 11.6 Å². The summed E-state index contributed by atoms with van der Waals surface area (Å²) in [5.41, 5.74) is 3.14. The molecule has 0 unspecified atom stereocenters. The average Bonchev–Trinajstić information content (AvgIpc) is 3.05. The van der Waals surface area contributed by atoms with E-state index in [1.807, 2.05) is 11.1 Å². The van der Waals surface area contributed by atoms with Gasteiger partial charge >= 0.3 is 0 Å². The Morgan fingerprint density at radius 1 is 1.08 bits per heavy atom. The molecule has 0 radical (unpaired) electrons. The van der Waals surface area contributed by atoms with E-state index in [9.17, 15) is 4.79 Å². The Hall–Kier alpha value is -2.30. The number of rotatable bonds is 2. The first kappa shape index (κ1) is 15.2. The second-order valence-electron chi connectivity index (χ2n) is 6.81. The fraction of sp³-hybridized carbons (Fsp3) is 0.474. The number of anilines is 1. The van der Waals surface area contributed by atoms with Crippen molar-refractivity contribution in [1.29, 1.82) is 0 Å². The molecule has 2 aromatic rings. The van der Waals surface area contributed by atoms with Crippen molar-refractivity contribution in [2.45, 2.75) is 32.7 Å². The second kappa shape index (κ2) is 6.30. The number of hydrogen-bond acceptors (Lipinski definition) is 3. The maximum atomic E-state index is 12.7. The number of nitrogens with zero attached hydrogens (tertiary/aromatic N) is 4. The number of amides is 1.